The first-order chi connectivity index (χ1) is 11.8. The maximum atomic E-state index is 12.8. The minimum Gasteiger partial charge on any atom is -0.492 e. The van der Waals surface area contributed by atoms with E-state index < -0.39 is 10.0 Å². The van der Waals surface area contributed by atoms with E-state index >= 15 is 0 Å². The second-order valence-electron chi connectivity index (χ2n) is 6.25. The number of nitrogens with zero attached hydrogens (tertiary/aromatic N) is 1. The molecule has 0 spiro atoms. The van der Waals surface area contributed by atoms with Gasteiger partial charge in [0.25, 0.3) is 0 Å². The van der Waals surface area contributed by atoms with Crippen LogP contribution in [0.1, 0.15) is 27.2 Å². The van der Waals surface area contributed by atoms with Crippen LogP contribution in [0.5, 0.6) is 5.75 Å². The van der Waals surface area contributed by atoms with E-state index in [1.807, 2.05) is 20.8 Å². The highest BCUT2D eigenvalue weighted by Gasteiger charge is 2.27. The van der Waals surface area contributed by atoms with Gasteiger partial charge < -0.3 is 14.8 Å². The Hall–Kier alpha value is -1.64. The van der Waals surface area contributed by atoms with Gasteiger partial charge in [-0.25, -0.2) is 8.42 Å². The van der Waals surface area contributed by atoms with Crippen LogP contribution < -0.4 is 10.1 Å². The third-order valence-electron chi connectivity index (χ3n) is 3.73. The van der Waals surface area contributed by atoms with Crippen molar-refractivity contribution in [3.8, 4) is 5.75 Å². The lowest BCUT2D eigenvalue weighted by Crippen LogP contribution is -2.40. The van der Waals surface area contributed by atoms with Crippen molar-refractivity contribution >= 4 is 21.6 Å². The molecule has 140 valence electrons. The Morgan fingerprint density at radius 1 is 1.32 bits per heavy atom. The van der Waals surface area contributed by atoms with Crippen LogP contribution in [-0.4, -0.2) is 51.5 Å². The van der Waals surface area contributed by atoms with Crippen LogP contribution in [0.25, 0.3) is 0 Å². The largest absolute Gasteiger partial charge is 0.492 e. The van der Waals surface area contributed by atoms with Gasteiger partial charge in [-0.05, 0) is 31.0 Å². The zero-order valence-electron chi connectivity index (χ0n) is 14.9. The average Bonchev–Trinajstić information content (AvgIpc) is 2.56. The summed E-state index contributed by atoms with van der Waals surface area (Å²) in [4.78, 5) is 12.2. The van der Waals surface area contributed by atoms with Gasteiger partial charge in [0.15, 0.2) is 0 Å². The van der Waals surface area contributed by atoms with Crippen LogP contribution in [0.2, 0.25) is 0 Å². The molecule has 0 radical (unpaired) electrons. The SMILES string of the molecule is CCOc1ccc(S(=O)(=O)N2CCOCC2)cc1NC(=O)CC(C)C. The van der Waals surface area contributed by atoms with E-state index in [-0.39, 0.29) is 16.7 Å². The summed E-state index contributed by atoms with van der Waals surface area (Å²) in [6.07, 6.45) is 0.353. The molecule has 7 nitrogen and oxygen atoms in total. The second kappa shape index (κ2) is 8.64. The fourth-order valence-electron chi connectivity index (χ4n) is 2.56. The molecule has 0 saturated carbocycles. The third kappa shape index (κ3) is 5.17. The number of hydrogen-bond donors (Lipinski definition) is 1. The standard InChI is InChI=1S/C17H26N2O5S/c1-4-24-16-6-5-14(12-15(16)18-17(20)11-13(2)3)25(21,22)19-7-9-23-10-8-19/h5-6,12-13H,4,7-11H2,1-3H3,(H,18,20). The summed E-state index contributed by atoms with van der Waals surface area (Å²) in [5, 5.41) is 2.77. The number of amides is 1. The molecule has 1 heterocycles. The summed E-state index contributed by atoms with van der Waals surface area (Å²) < 4.78 is 37.7. The van der Waals surface area contributed by atoms with Crippen LogP contribution >= 0.6 is 0 Å². The van der Waals surface area contributed by atoms with Crippen LogP contribution in [-0.2, 0) is 19.6 Å². The summed E-state index contributed by atoms with van der Waals surface area (Å²) in [7, 11) is -3.63. The predicted octanol–water partition coefficient (Wildman–Crippen LogP) is 2.09. The summed E-state index contributed by atoms with van der Waals surface area (Å²) in [5.74, 6) is 0.494. The fraction of sp³-hybridized carbons (Fsp3) is 0.588. The molecule has 25 heavy (non-hydrogen) atoms. The first kappa shape index (κ1) is 19.7. The van der Waals surface area contributed by atoms with E-state index in [4.69, 9.17) is 9.47 Å². The lowest BCUT2D eigenvalue weighted by atomic mass is 10.1. The molecule has 0 aromatic heterocycles. The van der Waals surface area contributed by atoms with Crippen molar-refractivity contribution in [3.63, 3.8) is 0 Å². The fourth-order valence-corrected chi connectivity index (χ4v) is 3.99. The highest BCUT2D eigenvalue weighted by molar-refractivity contribution is 7.89. The second-order valence-corrected chi connectivity index (χ2v) is 8.19. The van der Waals surface area contributed by atoms with Crippen LogP contribution in [0.4, 0.5) is 5.69 Å². The number of hydrogen-bond acceptors (Lipinski definition) is 5. The number of sulfonamides is 1. The Bertz CT molecular complexity index is 697. The average molecular weight is 370 g/mol. The van der Waals surface area contributed by atoms with Crippen molar-refractivity contribution < 1.29 is 22.7 Å². The van der Waals surface area contributed by atoms with Crippen molar-refractivity contribution in [2.75, 3.05) is 38.2 Å². The normalized spacial score (nSPS) is 16.0. The van der Waals surface area contributed by atoms with Crippen molar-refractivity contribution in [1.82, 2.24) is 4.31 Å². The van der Waals surface area contributed by atoms with Crippen LogP contribution in [0.15, 0.2) is 23.1 Å². The molecule has 8 heteroatoms. The highest BCUT2D eigenvalue weighted by atomic mass is 32.2. The number of rotatable bonds is 7. The number of carbonyl (C=O) groups is 1. The topological polar surface area (TPSA) is 84.9 Å². The van der Waals surface area contributed by atoms with Crippen molar-refractivity contribution in [1.29, 1.82) is 0 Å². The lowest BCUT2D eigenvalue weighted by molar-refractivity contribution is -0.116. The summed E-state index contributed by atoms with van der Waals surface area (Å²) in [5.41, 5.74) is 0.377. The molecular formula is C17H26N2O5S. The zero-order chi connectivity index (χ0) is 18.4. The van der Waals surface area contributed by atoms with Crippen molar-refractivity contribution in [3.05, 3.63) is 18.2 Å². The number of nitrogens with one attached hydrogen (secondary N) is 1. The van der Waals surface area contributed by atoms with Gasteiger partial charge >= 0.3 is 0 Å². The van der Waals surface area contributed by atoms with E-state index in [0.717, 1.165) is 0 Å². The maximum Gasteiger partial charge on any atom is 0.243 e. The Kier molecular flexibility index (Phi) is 6.80. The van der Waals surface area contributed by atoms with Gasteiger partial charge in [-0.2, -0.15) is 4.31 Å². The Labute approximate surface area is 149 Å². The first-order valence-corrected chi connectivity index (χ1v) is 9.93. The molecule has 0 unspecified atom stereocenters. The van der Waals surface area contributed by atoms with Crippen molar-refractivity contribution in [2.24, 2.45) is 5.92 Å². The Balaban J connectivity index is 2.30. The predicted molar refractivity (Wildman–Crippen MR) is 95.3 cm³/mol. The molecule has 1 aromatic carbocycles. The monoisotopic (exact) mass is 370 g/mol. The molecule has 1 fully saturated rings. The molecule has 0 atom stereocenters. The van der Waals surface area contributed by atoms with Gasteiger partial charge in [0, 0.05) is 19.5 Å². The van der Waals surface area contributed by atoms with E-state index in [1.165, 1.54) is 16.4 Å². The Morgan fingerprint density at radius 2 is 2.00 bits per heavy atom. The van der Waals surface area contributed by atoms with Gasteiger partial charge in [-0.3, -0.25) is 4.79 Å². The smallest absolute Gasteiger partial charge is 0.243 e. The number of ether oxygens (including phenoxy) is 2. The summed E-state index contributed by atoms with van der Waals surface area (Å²) >= 11 is 0. The van der Waals surface area contributed by atoms with E-state index in [2.05, 4.69) is 5.32 Å². The Morgan fingerprint density at radius 3 is 2.60 bits per heavy atom. The molecular weight excluding hydrogens is 344 g/mol. The molecule has 2 rings (SSSR count). The molecule has 1 aliphatic rings. The zero-order valence-corrected chi connectivity index (χ0v) is 15.8. The van der Waals surface area contributed by atoms with E-state index in [9.17, 15) is 13.2 Å². The van der Waals surface area contributed by atoms with Gasteiger partial charge in [0.05, 0.1) is 30.4 Å². The van der Waals surface area contributed by atoms with Crippen LogP contribution in [0.3, 0.4) is 0 Å². The number of morpholine rings is 1. The summed E-state index contributed by atoms with van der Waals surface area (Å²) in [6.45, 7) is 7.56. The molecule has 0 aliphatic carbocycles. The molecule has 1 aliphatic heterocycles. The minimum atomic E-state index is -3.63. The quantitative estimate of drug-likeness (QED) is 0.794. The molecule has 0 bridgehead atoms. The van der Waals surface area contributed by atoms with Gasteiger partial charge in [-0.15, -0.1) is 0 Å². The highest BCUT2D eigenvalue weighted by Crippen LogP contribution is 2.30. The van der Waals surface area contributed by atoms with Gasteiger partial charge in [-0.1, -0.05) is 13.8 Å². The third-order valence-corrected chi connectivity index (χ3v) is 5.62. The van der Waals surface area contributed by atoms with Gasteiger partial charge in [0.1, 0.15) is 5.75 Å². The molecule has 1 N–H and O–H groups in total. The maximum absolute atomic E-state index is 12.8. The molecule has 1 saturated heterocycles. The van der Waals surface area contributed by atoms with E-state index in [1.54, 1.807) is 6.07 Å². The number of anilines is 1. The van der Waals surface area contributed by atoms with Crippen molar-refractivity contribution in [2.45, 2.75) is 32.1 Å². The molecule has 1 aromatic rings. The number of carbonyl (C=O) groups excluding carboxylic acids is 1. The van der Waals surface area contributed by atoms with Crippen LogP contribution in [0, 0.1) is 5.92 Å². The molecule has 1 amide bonds. The number of benzene rings is 1. The summed E-state index contributed by atoms with van der Waals surface area (Å²) in [6, 6.07) is 4.56. The van der Waals surface area contributed by atoms with E-state index in [0.29, 0.717) is 50.8 Å². The first-order valence-electron chi connectivity index (χ1n) is 8.49. The lowest BCUT2D eigenvalue weighted by Gasteiger charge is -2.26. The van der Waals surface area contributed by atoms with Gasteiger partial charge in [0.2, 0.25) is 15.9 Å². The minimum absolute atomic E-state index is 0.137.